The van der Waals surface area contributed by atoms with Crippen LogP contribution in [0.3, 0.4) is 0 Å². The van der Waals surface area contributed by atoms with Crippen molar-refractivity contribution in [1.29, 1.82) is 0 Å². The van der Waals surface area contributed by atoms with Crippen LogP contribution in [0.1, 0.15) is 29.9 Å². The van der Waals surface area contributed by atoms with Crippen molar-refractivity contribution in [3.05, 3.63) is 58.1 Å². The van der Waals surface area contributed by atoms with E-state index in [2.05, 4.69) is 15.9 Å². The highest BCUT2D eigenvalue weighted by Crippen LogP contribution is 2.48. The third-order valence-electron chi connectivity index (χ3n) is 5.76. The van der Waals surface area contributed by atoms with Crippen molar-refractivity contribution in [2.45, 2.75) is 36.7 Å². The Bertz CT molecular complexity index is 913. The molecule has 2 fully saturated rings. The zero-order chi connectivity index (χ0) is 19.8. The zero-order valence-corrected chi connectivity index (χ0v) is 17.4. The van der Waals surface area contributed by atoms with Crippen molar-refractivity contribution in [1.82, 2.24) is 0 Å². The van der Waals surface area contributed by atoms with Crippen LogP contribution < -0.4 is 9.47 Å². The lowest BCUT2D eigenvalue weighted by Crippen LogP contribution is -2.49. The van der Waals surface area contributed by atoms with Crippen LogP contribution >= 0.6 is 15.9 Å². The number of nitrogens with zero attached hydrogens (tertiary/aromatic N) is 1. The molecule has 1 aliphatic carbocycles. The van der Waals surface area contributed by atoms with E-state index in [0.29, 0.717) is 37.6 Å². The van der Waals surface area contributed by atoms with Gasteiger partial charge in [-0.15, -0.1) is 0 Å². The second-order valence-corrected chi connectivity index (χ2v) is 8.45. The van der Waals surface area contributed by atoms with E-state index < -0.39 is 11.9 Å². The summed E-state index contributed by atoms with van der Waals surface area (Å²) in [6.07, 6.45) is 2.15. The SMILES string of the molecule is OC1CC2(CC(c3cc4c(cc3Br)OCO4)C1N=Cc1ccccc1)OCCO2. The molecule has 0 radical (unpaired) electrons. The lowest BCUT2D eigenvalue weighted by atomic mass is 9.75. The maximum Gasteiger partial charge on any atom is 0.231 e. The van der Waals surface area contributed by atoms with Crippen LogP contribution in [-0.4, -0.2) is 49.3 Å². The molecule has 0 bridgehead atoms. The Kier molecular flexibility index (Phi) is 5.07. The van der Waals surface area contributed by atoms with E-state index in [1.165, 1.54) is 0 Å². The fraction of sp³-hybridized carbons (Fsp3) is 0.409. The predicted octanol–water partition coefficient (Wildman–Crippen LogP) is 3.65. The van der Waals surface area contributed by atoms with E-state index in [9.17, 15) is 5.11 Å². The van der Waals surface area contributed by atoms with Crippen molar-refractivity contribution < 1.29 is 24.1 Å². The van der Waals surface area contributed by atoms with Crippen LogP contribution in [0.25, 0.3) is 0 Å². The Morgan fingerprint density at radius 1 is 1.03 bits per heavy atom. The van der Waals surface area contributed by atoms with E-state index in [4.69, 9.17) is 23.9 Å². The van der Waals surface area contributed by atoms with E-state index >= 15 is 0 Å². The molecule has 29 heavy (non-hydrogen) atoms. The second-order valence-electron chi connectivity index (χ2n) is 7.60. The molecule has 2 aliphatic heterocycles. The van der Waals surface area contributed by atoms with Gasteiger partial charge in [0.15, 0.2) is 17.3 Å². The molecule has 3 atom stereocenters. The summed E-state index contributed by atoms with van der Waals surface area (Å²) >= 11 is 3.68. The molecule has 1 saturated heterocycles. The molecule has 2 aromatic rings. The van der Waals surface area contributed by atoms with Crippen molar-refractivity contribution >= 4 is 22.1 Å². The first-order valence-electron chi connectivity index (χ1n) is 9.77. The van der Waals surface area contributed by atoms with Gasteiger partial charge in [0.1, 0.15) is 0 Å². The lowest BCUT2D eigenvalue weighted by Gasteiger charge is -2.43. The molecular weight excluding hydrogens is 438 g/mol. The van der Waals surface area contributed by atoms with Crippen molar-refractivity contribution in [3.63, 3.8) is 0 Å². The maximum atomic E-state index is 11.0. The predicted molar refractivity (Wildman–Crippen MR) is 111 cm³/mol. The minimum Gasteiger partial charge on any atom is -0.454 e. The van der Waals surface area contributed by atoms with Gasteiger partial charge in [0.2, 0.25) is 6.79 Å². The summed E-state index contributed by atoms with van der Waals surface area (Å²) in [6.45, 7) is 1.30. The second kappa shape index (κ2) is 7.72. The van der Waals surface area contributed by atoms with Gasteiger partial charge in [0.05, 0.1) is 25.4 Å². The summed E-state index contributed by atoms with van der Waals surface area (Å²) in [5.41, 5.74) is 2.00. The van der Waals surface area contributed by atoms with Gasteiger partial charge in [0.25, 0.3) is 0 Å². The Labute approximate surface area is 177 Å². The van der Waals surface area contributed by atoms with Gasteiger partial charge in [-0.25, -0.2) is 0 Å². The molecule has 152 valence electrons. The maximum absolute atomic E-state index is 11.0. The topological polar surface area (TPSA) is 69.5 Å². The molecule has 0 aromatic heterocycles. The fourth-order valence-electron chi connectivity index (χ4n) is 4.40. The first-order chi connectivity index (χ1) is 14.1. The fourth-order valence-corrected chi connectivity index (χ4v) is 5.02. The number of ether oxygens (including phenoxy) is 4. The number of hydrogen-bond donors (Lipinski definition) is 1. The summed E-state index contributed by atoms with van der Waals surface area (Å²) in [6, 6.07) is 13.5. The number of aliphatic imine (C=N–C) groups is 1. The average molecular weight is 460 g/mol. The molecule has 1 spiro atoms. The Balaban J connectivity index is 1.52. The van der Waals surface area contributed by atoms with Crippen LogP contribution in [0, 0.1) is 0 Å². The van der Waals surface area contributed by atoms with Crippen LogP contribution in [0.15, 0.2) is 51.9 Å². The lowest BCUT2D eigenvalue weighted by molar-refractivity contribution is -0.202. The van der Waals surface area contributed by atoms with Crippen LogP contribution in [0.2, 0.25) is 0 Å². The highest BCUT2D eigenvalue weighted by Gasteiger charge is 2.50. The summed E-state index contributed by atoms with van der Waals surface area (Å²) in [4.78, 5) is 4.80. The van der Waals surface area contributed by atoms with Gasteiger partial charge in [0, 0.05) is 29.4 Å². The van der Waals surface area contributed by atoms with Gasteiger partial charge >= 0.3 is 0 Å². The van der Waals surface area contributed by atoms with Crippen molar-refractivity contribution in [3.8, 4) is 11.5 Å². The Morgan fingerprint density at radius 3 is 2.52 bits per heavy atom. The first-order valence-corrected chi connectivity index (χ1v) is 10.6. The Hall–Kier alpha value is -1.93. The number of aliphatic hydroxyl groups excluding tert-OH is 1. The minimum absolute atomic E-state index is 0.110. The molecule has 6 nitrogen and oxygen atoms in total. The van der Waals surface area contributed by atoms with Gasteiger partial charge in [-0.2, -0.15) is 0 Å². The number of rotatable bonds is 3. The highest BCUT2D eigenvalue weighted by molar-refractivity contribution is 9.10. The quantitative estimate of drug-likeness (QED) is 0.709. The highest BCUT2D eigenvalue weighted by atomic mass is 79.9. The smallest absolute Gasteiger partial charge is 0.231 e. The normalized spacial score (nSPS) is 27.7. The molecule has 3 unspecified atom stereocenters. The minimum atomic E-state index is -0.765. The largest absolute Gasteiger partial charge is 0.454 e. The average Bonchev–Trinajstić information content (AvgIpc) is 3.36. The molecule has 2 aromatic carbocycles. The third kappa shape index (κ3) is 3.68. The summed E-state index contributed by atoms with van der Waals surface area (Å²) in [5, 5.41) is 11.0. The number of hydrogen-bond acceptors (Lipinski definition) is 6. The number of fused-ring (bicyclic) bond motifs is 1. The van der Waals surface area contributed by atoms with Gasteiger partial charge in [-0.3, -0.25) is 4.99 Å². The molecule has 5 rings (SSSR count). The summed E-state index contributed by atoms with van der Waals surface area (Å²) in [7, 11) is 0. The Morgan fingerprint density at radius 2 is 1.76 bits per heavy atom. The van der Waals surface area contributed by atoms with Crippen molar-refractivity contribution in [2.75, 3.05) is 20.0 Å². The number of aliphatic hydroxyl groups is 1. The first kappa shape index (κ1) is 19.1. The summed E-state index contributed by atoms with van der Waals surface area (Å²) in [5.74, 6) is 0.542. The summed E-state index contributed by atoms with van der Waals surface area (Å²) < 4.78 is 23.9. The zero-order valence-electron chi connectivity index (χ0n) is 15.8. The van der Waals surface area contributed by atoms with E-state index in [1.54, 1.807) is 0 Å². The van der Waals surface area contributed by atoms with Gasteiger partial charge in [-0.1, -0.05) is 46.3 Å². The molecule has 7 heteroatoms. The van der Waals surface area contributed by atoms with Crippen molar-refractivity contribution in [2.24, 2.45) is 4.99 Å². The van der Waals surface area contributed by atoms with E-state index in [0.717, 1.165) is 15.6 Å². The van der Waals surface area contributed by atoms with Crippen LogP contribution in [0.4, 0.5) is 0 Å². The van der Waals surface area contributed by atoms with Crippen LogP contribution in [-0.2, 0) is 9.47 Å². The standard InChI is InChI=1S/C22H22BrNO5/c23-17-9-20-19(26-13-27-20)8-15(17)16-10-22(28-6-7-29-22)11-18(25)21(16)24-12-14-4-2-1-3-5-14/h1-5,8-9,12,16,18,21,25H,6-7,10-11,13H2. The number of benzene rings is 2. The molecular formula is C22H22BrNO5. The van der Waals surface area contributed by atoms with E-state index in [-0.39, 0.29) is 18.8 Å². The van der Waals surface area contributed by atoms with Gasteiger partial charge in [-0.05, 0) is 23.3 Å². The monoisotopic (exact) mass is 459 g/mol. The van der Waals surface area contributed by atoms with Gasteiger partial charge < -0.3 is 24.1 Å². The molecule has 2 heterocycles. The molecule has 3 aliphatic rings. The third-order valence-corrected chi connectivity index (χ3v) is 6.44. The molecule has 1 saturated carbocycles. The van der Waals surface area contributed by atoms with Crippen LogP contribution in [0.5, 0.6) is 11.5 Å². The number of halogens is 1. The molecule has 1 N–H and O–H groups in total. The molecule has 0 amide bonds. The van der Waals surface area contributed by atoms with E-state index in [1.807, 2.05) is 48.7 Å².